The Labute approximate surface area is 161 Å². The summed E-state index contributed by atoms with van der Waals surface area (Å²) in [6, 6.07) is 33.4. The fourth-order valence-electron chi connectivity index (χ4n) is 3.24. The second-order valence-electron chi connectivity index (χ2n) is 7.17. The highest BCUT2D eigenvalue weighted by Gasteiger charge is 2.30. The van der Waals surface area contributed by atoms with Crippen LogP contribution in [0.4, 0.5) is 0 Å². The average molecular weight is 367 g/mol. The maximum absolute atomic E-state index is 5.02. The Balaban J connectivity index is 1.74. The van der Waals surface area contributed by atoms with Gasteiger partial charge < -0.3 is 0 Å². The highest BCUT2D eigenvalue weighted by molar-refractivity contribution is 6.99. The number of nitrogens with zero attached hydrogens (tertiary/aromatic N) is 2. The van der Waals surface area contributed by atoms with Gasteiger partial charge in [-0.2, -0.15) is 0 Å². The van der Waals surface area contributed by atoms with E-state index in [1.807, 2.05) is 12.1 Å². The van der Waals surface area contributed by atoms with E-state index in [-0.39, 0.29) is 0 Å². The van der Waals surface area contributed by atoms with Gasteiger partial charge in [-0.15, -0.1) is 0 Å². The number of rotatable bonds is 4. The first-order chi connectivity index (χ1) is 13.1. The number of hydrogen-bond acceptors (Lipinski definition) is 2. The number of hydrogen-bond donors (Lipinski definition) is 0. The fourth-order valence-corrected chi connectivity index (χ4v) is 5.32. The van der Waals surface area contributed by atoms with Crippen LogP contribution in [0, 0.1) is 0 Å². The third kappa shape index (κ3) is 3.60. The summed E-state index contributed by atoms with van der Waals surface area (Å²) in [4.78, 5) is 10.0. The maximum Gasteiger partial charge on any atom is 0.158 e. The first-order valence-corrected chi connectivity index (χ1v) is 12.2. The van der Waals surface area contributed by atoms with Crippen molar-refractivity contribution in [2.24, 2.45) is 0 Å². The van der Waals surface area contributed by atoms with Crippen molar-refractivity contribution in [1.82, 2.24) is 9.97 Å². The molecule has 4 rings (SSSR count). The molecule has 3 heteroatoms. The fraction of sp³-hybridized carbons (Fsp3) is 0.0833. The molecular formula is C24H22N2Si. The summed E-state index contributed by atoms with van der Waals surface area (Å²) in [5.74, 6) is 0. The van der Waals surface area contributed by atoms with E-state index < -0.39 is 8.07 Å². The third-order valence-corrected chi connectivity index (χ3v) is 8.04. The molecule has 0 spiro atoms. The van der Waals surface area contributed by atoms with Crippen LogP contribution in [0.1, 0.15) is 0 Å². The quantitative estimate of drug-likeness (QED) is 0.492. The Hall–Kier alpha value is -3.04. The van der Waals surface area contributed by atoms with Gasteiger partial charge in [-0.1, -0.05) is 85.9 Å². The maximum atomic E-state index is 5.02. The van der Waals surface area contributed by atoms with E-state index in [2.05, 4.69) is 98.0 Å². The van der Waals surface area contributed by atoms with Crippen molar-refractivity contribution in [2.75, 3.05) is 0 Å². The molecule has 27 heavy (non-hydrogen) atoms. The molecule has 0 aliphatic heterocycles. The third-order valence-electron chi connectivity index (χ3n) is 4.92. The van der Waals surface area contributed by atoms with Crippen LogP contribution >= 0.6 is 0 Å². The summed E-state index contributed by atoms with van der Waals surface area (Å²) in [6.07, 6.45) is 0. The van der Waals surface area contributed by atoms with Gasteiger partial charge in [0, 0.05) is 21.8 Å². The highest BCUT2D eigenvalue weighted by atomic mass is 28.3. The van der Waals surface area contributed by atoms with E-state index in [4.69, 9.17) is 9.97 Å². The highest BCUT2D eigenvalue weighted by Crippen LogP contribution is 2.17. The van der Waals surface area contributed by atoms with Crippen molar-refractivity contribution in [1.29, 1.82) is 0 Å². The lowest BCUT2D eigenvalue weighted by Crippen LogP contribution is -2.55. The van der Waals surface area contributed by atoms with Gasteiger partial charge in [0.25, 0.3) is 0 Å². The van der Waals surface area contributed by atoms with E-state index in [1.165, 1.54) is 0 Å². The lowest BCUT2D eigenvalue weighted by atomic mass is 10.1. The molecule has 0 radical (unpaired) electrons. The van der Waals surface area contributed by atoms with E-state index >= 15 is 0 Å². The van der Waals surface area contributed by atoms with Crippen LogP contribution in [0.15, 0.2) is 97.1 Å². The lowest BCUT2D eigenvalue weighted by molar-refractivity contribution is 1.33. The Bertz CT molecular complexity index is 959. The molecule has 2 heterocycles. The predicted molar refractivity (Wildman–Crippen MR) is 116 cm³/mol. The zero-order valence-corrected chi connectivity index (χ0v) is 16.6. The van der Waals surface area contributed by atoms with E-state index in [9.17, 15) is 0 Å². The zero-order valence-electron chi connectivity index (χ0n) is 15.6. The monoisotopic (exact) mass is 366 g/mol. The summed E-state index contributed by atoms with van der Waals surface area (Å²) < 4.78 is 0. The standard InChI is InChI=1S/C24H22N2Si/c1-27(2,23-17-9-15-21(25-23)19-11-5-3-6-12-19)24-18-10-16-22(26-24)20-13-7-4-8-14-20/h3-18H,1-2H3. The minimum absolute atomic E-state index is 1.02. The molecule has 4 aromatic rings. The van der Waals surface area contributed by atoms with E-state index in [0.29, 0.717) is 0 Å². The number of aromatic nitrogens is 2. The number of benzene rings is 2. The summed E-state index contributed by atoms with van der Waals surface area (Å²) in [7, 11) is -2.01. The van der Waals surface area contributed by atoms with Crippen LogP contribution in [0.3, 0.4) is 0 Å². The molecule has 0 amide bonds. The van der Waals surface area contributed by atoms with Gasteiger partial charge in [-0.25, -0.2) is 0 Å². The molecule has 0 bridgehead atoms. The van der Waals surface area contributed by atoms with Gasteiger partial charge in [0.05, 0.1) is 11.4 Å². The molecule has 0 aliphatic carbocycles. The molecule has 0 saturated heterocycles. The molecule has 2 aromatic heterocycles. The molecule has 2 aromatic carbocycles. The van der Waals surface area contributed by atoms with Gasteiger partial charge in [0.2, 0.25) is 0 Å². The van der Waals surface area contributed by atoms with Crippen LogP contribution in [-0.2, 0) is 0 Å². The van der Waals surface area contributed by atoms with E-state index in [0.717, 1.165) is 33.1 Å². The molecule has 2 nitrogen and oxygen atoms in total. The summed E-state index contributed by atoms with van der Waals surface area (Å²) >= 11 is 0. The Kier molecular flexibility index (Phi) is 4.69. The lowest BCUT2D eigenvalue weighted by Gasteiger charge is -2.22. The van der Waals surface area contributed by atoms with Crippen LogP contribution in [-0.4, -0.2) is 18.0 Å². The Morgan fingerprint density at radius 1 is 0.481 bits per heavy atom. The first-order valence-electron chi connectivity index (χ1n) is 9.20. The summed E-state index contributed by atoms with van der Waals surface area (Å²) in [6.45, 7) is 4.64. The minimum Gasteiger partial charge on any atom is -0.257 e. The topological polar surface area (TPSA) is 25.8 Å². The normalized spacial score (nSPS) is 11.3. The Morgan fingerprint density at radius 3 is 1.30 bits per heavy atom. The van der Waals surface area contributed by atoms with Crippen LogP contribution in [0.25, 0.3) is 22.5 Å². The van der Waals surface area contributed by atoms with Crippen LogP contribution in [0.5, 0.6) is 0 Å². The molecule has 0 atom stereocenters. The molecule has 0 fully saturated rings. The SMILES string of the molecule is C[Si](C)(c1cccc(-c2ccccc2)n1)c1cccc(-c2ccccc2)n1. The van der Waals surface area contributed by atoms with Crippen molar-refractivity contribution in [3.63, 3.8) is 0 Å². The largest absolute Gasteiger partial charge is 0.257 e. The van der Waals surface area contributed by atoms with Crippen molar-refractivity contribution in [3.8, 4) is 22.5 Å². The molecule has 0 N–H and O–H groups in total. The second-order valence-corrected chi connectivity index (χ2v) is 11.4. The van der Waals surface area contributed by atoms with Gasteiger partial charge in [-0.3, -0.25) is 9.97 Å². The first kappa shape index (κ1) is 17.4. The van der Waals surface area contributed by atoms with Crippen molar-refractivity contribution in [3.05, 3.63) is 97.1 Å². The Morgan fingerprint density at radius 2 is 0.889 bits per heavy atom. The van der Waals surface area contributed by atoms with Crippen molar-refractivity contribution < 1.29 is 0 Å². The van der Waals surface area contributed by atoms with Crippen LogP contribution in [0.2, 0.25) is 13.1 Å². The predicted octanol–water partition coefficient (Wildman–Crippen LogP) is 4.63. The van der Waals surface area contributed by atoms with Gasteiger partial charge >= 0.3 is 0 Å². The molecule has 0 saturated carbocycles. The second kappa shape index (κ2) is 7.29. The minimum atomic E-state index is -2.01. The molecular weight excluding hydrogens is 344 g/mol. The molecule has 0 unspecified atom stereocenters. The van der Waals surface area contributed by atoms with E-state index in [1.54, 1.807) is 0 Å². The van der Waals surface area contributed by atoms with Crippen LogP contribution < -0.4 is 10.6 Å². The smallest absolute Gasteiger partial charge is 0.158 e. The summed E-state index contributed by atoms with van der Waals surface area (Å²) in [5, 5.41) is 2.31. The average Bonchev–Trinajstić information content (AvgIpc) is 2.75. The molecule has 132 valence electrons. The number of pyridine rings is 2. The summed E-state index contributed by atoms with van der Waals surface area (Å²) in [5.41, 5.74) is 4.34. The van der Waals surface area contributed by atoms with Gasteiger partial charge in [-0.05, 0) is 24.3 Å². The molecule has 0 aliphatic rings. The van der Waals surface area contributed by atoms with Crippen molar-refractivity contribution in [2.45, 2.75) is 13.1 Å². The van der Waals surface area contributed by atoms with Crippen molar-refractivity contribution >= 4 is 18.7 Å². The van der Waals surface area contributed by atoms with Gasteiger partial charge in [0.1, 0.15) is 0 Å². The zero-order chi connectivity index (χ0) is 18.7. The van der Waals surface area contributed by atoms with Gasteiger partial charge in [0.15, 0.2) is 8.07 Å².